The summed E-state index contributed by atoms with van der Waals surface area (Å²) in [6, 6.07) is 1.86. The molecule has 0 bridgehead atoms. The minimum atomic E-state index is -0.332. The lowest BCUT2D eigenvalue weighted by Gasteiger charge is -1.96. The third kappa shape index (κ3) is 1.80. The minimum absolute atomic E-state index is 0.332. The molecule has 0 aromatic carbocycles. The lowest BCUT2D eigenvalue weighted by atomic mass is 10.1. The van der Waals surface area contributed by atoms with Gasteiger partial charge in [-0.2, -0.15) is 0 Å². The number of thiophene rings is 1. The van der Waals surface area contributed by atoms with Crippen LogP contribution < -0.4 is 5.73 Å². The van der Waals surface area contributed by atoms with Gasteiger partial charge in [-0.15, -0.1) is 11.3 Å². The van der Waals surface area contributed by atoms with Crippen molar-refractivity contribution in [3.63, 3.8) is 0 Å². The van der Waals surface area contributed by atoms with Gasteiger partial charge in [-0.05, 0) is 22.9 Å². The summed E-state index contributed by atoms with van der Waals surface area (Å²) in [4.78, 5) is 11.3. The molecule has 0 aliphatic carbocycles. The zero-order chi connectivity index (χ0) is 8.43. The molecule has 0 spiro atoms. The van der Waals surface area contributed by atoms with Crippen LogP contribution >= 0.6 is 11.3 Å². The Bertz CT molecular complexity index is 265. The summed E-state index contributed by atoms with van der Waals surface area (Å²) in [5.74, 6) is 0.140. The average Bonchev–Trinajstić information content (AvgIpc) is 2.33. The molecule has 3 heteroatoms. The molecule has 0 radical (unpaired) electrons. The quantitative estimate of drug-likeness (QED) is 0.722. The molecule has 1 aromatic rings. The molecule has 2 N–H and O–H groups in total. The van der Waals surface area contributed by atoms with Gasteiger partial charge in [0.15, 0.2) is 0 Å². The van der Waals surface area contributed by atoms with E-state index in [4.69, 9.17) is 5.73 Å². The van der Waals surface area contributed by atoms with Crippen LogP contribution in [0.4, 0.5) is 0 Å². The van der Waals surface area contributed by atoms with E-state index in [0.29, 0.717) is 10.8 Å². The molecule has 0 unspecified atom stereocenters. The molecular formula is C8H11NOS. The summed E-state index contributed by atoms with van der Waals surface area (Å²) in [5.41, 5.74) is 6.28. The lowest BCUT2D eigenvalue weighted by molar-refractivity contribution is 0.100. The van der Waals surface area contributed by atoms with E-state index in [1.54, 1.807) is 0 Å². The Kier molecular flexibility index (Phi) is 2.29. The normalized spacial score (nSPS) is 10.5. The molecule has 1 aromatic heterocycles. The Balaban J connectivity index is 2.90. The molecule has 2 nitrogen and oxygen atoms in total. The van der Waals surface area contributed by atoms with Crippen molar-refractivity contribution in [3.8, 4) is 0 Å². The molecule has 1 heterocycles. The Morgan fingerprint density at radius 1 is 1.64 bits per heavy atom. The Morgan fingerprint density at radius 2 is 2.27 bits per heavy atom. The van der Waals surface area contributed by atoms with Gasteiger partial charge in [-0.3, -0.25) is 4.79 Å². The van der Waals surface area contributed by atoms with Gasteiger partial charge in [-0.25, -0.2) is 0 Å². The third-order valence-electron chi connectivity index (χ3n) is 1.53. The first-order chi connectivity index (χ1) is 5.11. The van der Waals surface area contributed by atoms with Gasteiger partial charge < -0.3 is 5.73 Å². The van der Waals surface area contributed by atoms with E-state index in [0.717, 1.165) is 0 Å². The largest absolute Gasteiger partial charge is 0.365 e. The maximum atomic E-state index is 10.7. The monoisotopic (exact) mass is 169 g/mol. The highest BCUT2D eigenvalue weighted by atomic mass is 32.1. The summed E-state index contributed by atoms with van der Waals surface area (Å²) in [7, 11) is 0. The molecule has 11 heavy (non-hydrogen) atoms. The highest BCUT2D eigenvalue weighted by molar-refractivity contribution is 7.12. The maximum Gasteiger partial charge on any atom is 0.258 e. The van der Waals surface area contributed by atoms with Gasteiger partial charge in [0, 0.05) is 0 Å². The van der Waals surface area contributed by atoms with Gasteiger partial charge >= 0.3 is 0 Å². The standard InChI is InChI=1S/C8H11NOS/c1-5(2)6-3-7(8(9)10)11-4-6/h3-5H,1-2H3,(H2,9,10). The average molecular weight is 169 g/mol. The van der Waals surface area contributed by atoms with E-state index in [1.807, 2.05) is 11.4 Å². The second-order valence-corrected chi connectivity index (χ2v) is 3.67. The Morgan fingerprint density at radius 3 is 2.55 bits per heavy atom. The third-order valence-corrected chi connectivity index (χ3v) is 2.49. The van der Waals surface area contributed by atoms with Crippen LogP contribution in [0.3, 0.4) is 0 Å². The van der Waals surface area contributed by atoms with E-state index in [9.17, 15) is 4.79 Å². The van der Waals surface area contributed by atoms with Crippen LogP contribution in [0.2, 0.25) is 0 Å². The number of amides is 1. The minimum Gasteiger partial charge on any atom is -0.365 e. The molecule has 0 saturated heterocycles. The predicted octanol–water partition coefficient (Wildman–Crippen LogP) is 1.97. The maximum absolute atomic E-state index is 10.7. The second kappa shape index (κ2) is 3.05. The van der Waals surface area contributed by atoms with Crippen molar-refractivity contribution < 1.29 is 4.79 Å². The fourth-order valence-electron chi connectivity index (χ4n) is 0.783. The fourth-order valence-corrected chi connectivity index (χ4v) is 1.71. The van der Waals surface area contributed by atoms with Gasteiger partial charge in [0.2, 0.25) is 0 Å². The van der Waals surface area contributed by atoms with Gasteiger partial charge in [0.25, 0.3) is 5.91 Å². The number of hydrogen-bond donors (Lipinski definition) is 1. The van der Waals surface area contributed by atoms with Gasteiger partial charge in [0.1, 0.15) is 0 Å². The van der Waals surface area contributed by atoms with Crippen molar-refractivity contribution in [2.45, 2.75) is 19.8 Å². The van der Waals surface area contributed by atoms with Crippen molar-refractivity contribution in [1.29, 1.82) is 0 Å². The van der Waals surface area contributed by atoms with Crippen molar-refractivity contribution in [2.75, 3.05) is 0 Å². The van der Waals surface area contributed by atoms with E-state index in [1.165, 1.54) is 16.9 Å². The molecule has 0 aliphatic heterocycles. The molecule has 0 saturated carbocycles. The van der Waals surface area contributed by atoms with Gasteiger partial charge in [0.05, 0.1) is 4.88 Å². The van der Waals surface area contributed by atoms with Crippen LogP contribution in [0.15, 0.2) is 11.4 Å². The zero-order valence-corrected chi connectivity index (χ0v) is 7.44. The molecule has 0 aliphatic rings. The number of primary amides is 1. The van der Waals surface area contributed by atoms with Crippen molar-refractivity contribution in [1.82, 2.24) is 0 Å². The number of rotatable bonds is 2. The first kappa shape index (κ1) is 8.27. The number of carbonyl (C=O) groups excluding carboxylic acids is 1. The summed E-state index contributed by atoms with van der Waals surface area (Å²) >= 11 is 1.41. The van der Waals surface area contributed by atoms with Crippen LogP contribution in [0.5, 0.6) is 0 Å². The highest BCUT2D eigenvalue weighted by Gasteiger charge is 2.06. The first-order valence-electron chi connectivity index (χ1n) is 3.49. The summed E-state index contributed by atoms with van der Waals surface area (Å²) in [6.45, 7) is 4.18. The van der Waals surface area contributed by atoms with Crippen LogP contribution in [0, 0.1) is 0 Å². The summed E-state index contributed by atoms with van der Waals surface area (Å²) in [5, 5.41) is 1.98. The Labute approximate surface area is 70.0 Å². The van der Waals surface area contributed by atoms with E-state index in [-0.39, 0.29) is 5.91 Å². The molecule has 0 fully saturated rings. The highest BCUT2D eigenvalue weighted by Crippen LogP contribution is 2.21. The zero-order valence-electron chi connectivity index (χ0n) is 6.63. The molecule has 1 rings (SSSR count). The molecule has 1 amide bonds. The van der Waals surface area contributed by atoms with Crippen molar-refractivity contribution in [2.24, 2.45) is 5.73 Å². The molecule has 60 valence electrons. The van der Waals surface area contributed by atoms with Crippen LogP contribution in [-0.2, 0) is 0 Å². The predicted molar refractivity (Wildman–Crippen MR) is 46.9 cm³/mol. The SMILES string of the molecule is CC(C)c1csc(C(N)=O)c1. The Hall–Kier alpha value is -0.830. The van der Waals surface area contributed by atoms with Crippen LogP contribution in [-0.4, -0.2) is 5.91 Å². The van der Waals surface area contributed by atoms with E-state index in [2.05, 4.69) is 13.8 Å². The van der Waals surface area contributed by atoms with Crippen molar-refractivity contribution >= 4 is 17.2 Å². The first-order valence-corrected chi connectivity index (χ1v) is 4.37. The lowest BCUT2D eigenvalue weighted by Crippen LogP contribution is -2.08. The number of nitrogens with two attached hydrogens (primary N) is 1. The molecule has 0 atom stereocenters. The summed E-state index contributed by atoms with van der Waals surface area (Å²) < 4.78 is 0. The molecular weight excluding hydrogens is 158 g/mol. The fraction of sp³-hybridized carbons (Fsp3) is 0.375. The van der Waals surface area contributed by atoms with Crippen LogP contribution in [0.1, 0.15) is 35.0 Å². The topological polar surface area (TPSA) is 43.1 Å². The second-order valence-electron chi connectivity index (χ2n) is 2.76. The van der Waals surface area contributed by atoms with E-state index < -0.39 is 0 Å². The smallest absolute Gasteiger partial charge is 0.258 e. The number of carbonyl (C=O) groups is 1. The van der Waals surface area contributed by atoms with Crippen molar-refractivity contribution in [3.05, 3.63) is 21.9 Å². The summed E-state index contributed by atoms with van der Waals surface area (Å²) in [6.07, 6.45) is 0. The van der Waals surface area contributed by atoms with Gasteiger partial charge in [-0.1, -0.05) is 13.8 Å². The van der Waals surface area contributed by atoms with E-state index >= 15 is 0 Å². The number of hydrogen-bond acceptors (Lipinski definition) is 2. The van der Waals surface area contributed by atoms with Crippen LogP contribution in [0.25, 0.3) is 0 Å².